The van der Waals surface area contributed by atoms with E-state index in [1.807, 2.05) is 16.7 Å². The first kappa shape index (κ1) is 27.9. The maximum Gasteiger partial charge on any atom is 0.293 e. The number of piperazine rings is 1. The number of para-hydroxylation sites is 1. The highest BCUT2D eigenvalue weighted by atomic mass is 35.5. The minimum atomic E-state index is -3.64. The highest BCUT2D eigenvalue weighted by Crippen LogP contribution is 2.36. The van der Waals surface area contributed by atoms with Gasteiger partial charge in [-0.2, -0.15) is 4.31 Å². The normalized spacial score (nSPS) is 16.2. The highest BCUT2D eigenvalue weighted by Gasteiger charge is 2.30. The standard InChI is InChI=1S/C28H30ClN5O5S/c1-20-7-10-22(11-8-20)40(38,39)33-17-15-32(16-18-33)27-23(29)5-4-6-24(27)30-28(35)21-9-12-25(26(19-21)34(36)37)31-13-2-3-14-31/h4-12,19H,2-3,13-18H2,1H3,(H,30,35). The van der Waals surface area contributed by atoms with Crippen LogP contribution in [0, 0.1) is 17.0 Å². The van der Waals surface area contributed by atoms with Crippen LogP contribution in [-0.2, 0) is 10.0 Å². The summed E-state index contributed by atoms with van der Waals surface area (Å²) < 4.78 is 27.7. The average Bonchev–Trinajstić information content (AvgIpc) is 3.48. The number of sulfonamides is 1. The van der Waals surface area contributed by atoms with Gasteiger partial charge in [0.05, 0.1) is 26.2 Å². The quantitative estimate of drug-likeness (QED) is 0.310. The van der Waals surface area contributed by atoms with Crippen LogP contribution in [0.25, 0.3) is 0 Å². The Morgan fingerprint density at radius 1 is 0.925 bits per heavy atom. The summed E-state index contributed by atoms with van der Waals surface area (Å²) in [4.78, 5) is 28.7. The van der Waals surface area contributed by atoms with Crippen molar-refractivity contribution >= 4 is 50.3 Å². The number of hydrogen-bond acceptors (Lipinski definition) is 7. The zero-order chi connectivity index (χ0) is 28.4. The van der Waals surface area contributed by atoms with Crippen molar-refractivity contribution in [1.29, 1.82) is 0 Å². The fraction of sp³-hybridized carbons (Fsp3) is 0.321. The number of carbonyl (C=O) groups excluding carboxylic acids is 1. The number of anilines is 3. The topological polar surface area (TPSA) is 116 Å². The first-order chi connectivity index (χ1) is 19.1. The zero-order valence-corrected chi connectivity index (χ0v) is 23.6. The summed E-state index contributed by atoms with van der Waals surface area (Å²) in [5.74, 6) is -0.500. The molecule has 0 saturated carbocycles. The predicted octanol–water partition coefficient (Wildman–Crippen LogP) is 4.92. The molecule has 3 aromatic carbocycles. The Morgan fingerprint density at radius 2 is 1.60 bits per heavy atom. The number of aryl methyl sites for hydroxylation is 1. The maximum absolute atomic E-state index is 13.2. The van der Waals surface area contributed by atoms with Crippen molar-refractivity contribution in [2.24, 2.45) is 0 Å². The van der Waals surface area contributed by atoms with E-state index < -0.39 is 20.9 Å². The molecule has 0 aliphatic carbocycles. The molecule has 210 valence electrons. The summed E-state index contributed by atoms with van der Waals surface area (Å²) in [6.07, 6.45) is 1.95. The van der Waals surface area contributed by atoms with Crippen molar-refractivity contribution in [3.63, 3.8) is 0 Å². The van der Waals surface area contributed by atoms with Crippen LogP contribution in [0.3, 0.4) is 0 Å². The van der Waals surface area contributed by atoms with E-state index >= 15 is 0 Å². The lowest BCUT2D eigenvalue weighted by Gasteiger charge is -2.36. The number of carbonyl (C=O) groups is 1. The Balaban J connectivity index is 1.33. The Hall–Kier alpha value is -3.67. The van der Waals surface area contributed by atoms with Crippen LogP contribution in [-0.4, -0.2) is 62.8 Å². The molecule has 0 unspecified atom stereocenters. The number of hydrogen-bond donors (Lipinski definition) is 1. The minimum absolute atomic E-state index is 0.105. The van der Waals surface area contributed by atoms with Gasteiger partial charge in [0.25, 0.3) is 11.6 Å². The van der Waals surface area contributed by atoms with Gasteiger partial charge in [-0.15, -0.1) is 0 Å². The summed E-state index contributed by atoms with van der Waals surface area (Å²) >= 11 is 6.57. The number of nitro groups is 1. The summed E-state index contributed by atoms with van der Waals surface area (Å²) in [5.41, 5.74) is 2.57. The number of rotatable bonds is 7. The average molecular weight is 584 g/mol. The lowest BCUT2D eigenvalue weighted by molar-refractivity contribution is -0.384. The Morgan fingerprint density at radius 3 is 2.25 bits per heavy atom. The molecule has 5 rings (SSSR count). The van der Waals surface area contributed by atoms with Crippen molar-refractivity contribution in [2.45, 2.75) is 24.7 Å². The summed E-state index contributed by atoms with van der Waals surface area (Å²) in [7, 11) is -3.64. The number of nitro benzene ring substituents is 1. The van der Waals surface area contributed by atoms with Crippen molar-refractivity contribution in [2.75, 3.05) is 54.4 Å². The van der Waals surface area contributed by atoms with Crippen molar-refractivity contribution < 1.29 is 18.1 Å². The van der Waals surface area contributed by atoms with Gasteiger partial charge in [-0.25, -0.2) is 8.42 Å². The van der Waals surface area contributed by atoms with E-state index in [1.165, 1.54) is 10.4 Å². The van der Waals surface area contributed by atoms with Crippen LogP contribution in [0.5, 0.6) is 0 Å². The number of nitrogens with zero attached hydrogens (tertiary/aromatic N) is 4. The van der Waals surface area contributed by atoms with Gasteiger partial charge in [-0.3, -0.25) is 14.9 Å². The first-order valence-corrected chi connectivity index (χ1v) is 14.9. The summed E-state index contributed by atoms with van der Waals surface area (Å²) in [6.45, 7) is 4.63. The summed E-state index contributed by atoms with van der Waals surface area (Å²) in [6, 6.07) is 16.4. The van der Waals surface area contributed by atoms with Crippen LogP contribution in [0.15, 0.2) is 65.6 Å². The van der Waals surface area contributed by atoms with Crippen LogP contribution in [0.1, 0.15) is 28.8 Å². The van der Waals surface area contributed by atoms with Crippen LogP contribution < -0.4 is 15.1 Å². The third-order valence-electron chi connectivity index (χ3n) is 7.33. The van der Waals surface area contributed by atoms with E-state index in [-0.39, 0.29) is 29.2 Å². The van der Waals surface area contributed by atoms with Crippen LogP contribution in [0.2, 0.25) is 5.02 Å². The second kappa shape index (κ2) is 11.4. The highest BCUT2D eigenvalue weighted by molar-refractivity contribution is 7.89. The summed E-state index contributed by atoms with van der Waals surface area (Å²) in [5, 5.41) is 15.1. The Bertz CT molecular complexity index is 1530. The molecule has 2 fully saturated rings. The van der Waals surface area contributed by atoms with Gasteiger partial charge in [-0.05, 0) is 56.2 Å². The minimum Gasteiger partial charge on any atom is -0.366 e. The molecule has 2 aliphatic rings. The molecule has 0 atom stereocenters. The van der Waals surface area contributed by atoms with E-state index in [2.05, 4.69) is 5.32 Å². The van der Waals surface area contributed by atoms with Gasteiger partial charge in [0.15, 0.2) is 0 Å². The van der Waals surface area contributed by atoms with Gasteiger partial charge in [0, 0.05) is 50.9 Å². The van der Waals surface area contributed by atoms with Gasteiger partial charge in [-0.1, -0.05) is 35.4 Å². The largest absolute Gasteiger partial charge is 0.366 e. The Labute approximate surface area is 238 Å². The SMILES string of the molecule is Cc1ccc(S(=O)(=O)N2CCN(c3c(Cl)cccc3NC(=O)c3ccc(N4CCCC4)c([N+](=O)[O-])c3)CC2)cc1. The number of halogens is 1. The lowest BCUT2D eigenvalue weighted by atomic mass is 10.1. The third-order valence-corrected chi connectivity index (χ3v) is 9.55. The molecule has 0 radical (unpaired) electrons. The molecular weight excluding hydrogens is 554 g/mol. The molecule has 3 aromatic rings. The number of nitrogens with one attached hydrogen (secondary N) is 1. The van der Waals surface area contributed by atoms with Crippen molar-refractivity contribution in [3.8, 4) is 0 Å². The molecule has 0 aromatic heterocycles. The maximum atomic E-state index is 13.2. The van der Waals surface area contributed by atoms with Crippen LogP contribution >= 0.6 is 11.6 Å². The Kier molecular flexibility index (Phi) is 7.97. The van der Waals surface area contributed by atoms with Gasteiger partial charge in [0.2, 0.25) is 10.0 Å². The molecule has 2 saturated heterocycles. The van der Waals surface area contributed by atoms with Gasteiger partial charge in [0.1, 0.15) is 5.69 Å². The van der Waals surface area contributed by atoms with E-state index in [0.717, 1.165) is 31.5 Å². The molecule has 10 nitrogen and oxygen atoms in total. The van der Waals surface area contributed by atoms with Gasteiger partial charge < -0.3 is 15.1 Å². The van der Waals surface area contributed by atoms with E-state index in [1.54, 1.807) is 54.6 Å². The molecule has 12 heteroatoms. The van der Waals surface area contributed by atoms with E-state index in [4.69, 9.17) is 11.6 Å². The fourth-order valence-corrected chi connectivity index (χ4v) is 6.90. The monoisotopic (exact) mass is 583 g/mol. The molecule has 1 N–H and O–H groups in total. The smallest absolute Gasteiger partial charge is 0.293 e. The second-order valence-corrected chi connectivity index (χ2v) is 12.3. The fourth-order valence-electron chi connectivity index (χ4n) is 5.18. The van der Waals surface area contributed by atoms with E-state index in [9.17, 15) is 23.3 Å². The number of amides is 1. The lowest BCUT2D eigenvalue weighted by Crippen LogP contribution is -2.49. The number of benzene rings is 3. The third kappa shape index (κ3) is 5.63. The molecule has 2 aliphatic heterocycles. The molecule has 1 amide bonds. The van der Waals surface area contributed by atoms with Gasteiger partial charge >= 0.3 is 0 Å². The molecule has 40 heavy (non-hydrogen) atoms. The second-order valence-electron chi connectivity index (χ2n) is 9.95. The molecular formula is C28H30ClN5O5S. The van der Waals surface area contributed by atoms with Crippen molar-refractivity contribution in [3.05, 3.63) is 86.9 Å². The molecule has 0 bridgehead atoms. The zero-order valence-electron chi connectivity index (χ0n) is 22.0. The molecule has 0 spiro atoms. The predicted molar refractivity (Wildman–Crippen MR) is 156 cm³/mol. The molecule has 2 heterocycles. The van der Waals surface area contributed by atoms with Crippen LogP contribution in [0.4, 0.5) is 22.7 Å². The first-order valence-electron chi connectivity index (χ1n) is 13.1. The van der Waals surface area contributed by atoms with Crippen molar-refractivity contribution in [1.82, 2.24) is 4.31 Å². The van der Waals surface area contributed by atoms with E-state index in [0.29, 0.717) is 35.2 Å².